The minimum absolute atomic E-state index is 0. The minimum atomic E-state index is 0. The molecule has 0 aromatic heterocycles. The van der Waals surface area contributed by atoms with E-state index in [-0.39, 0.29) is 24.0 Å². The molecule has 0 spiro atoms. The molecule has 0 radical (unpaired) electrons. The highest BCUT2D eigenvalue weighted by Crippen LogP contribution is 2.34. The molecule has 1 aliphatic rings. The zero-order valence-corrected chi connectivity index (χ0v) is 11.3. The fraction of sp³-hybridized carbons (Fsp3) is 0.417. The van der Waals surface area contributed by atoms with Crippen molar-refractivity contribution in [2.75, 3.05) is 7.05 Å². The van der Waals surface area contributed by atoms with Gasteiger partial charge in [0.05, 0.1) is 5.92 Å². The van der Waals surface area contributed by atoms with Crippen molar-refractivity contribution in [2.24, 2.45) is 0 Å². The summed E-state index contributed by atoms with van der Waals surface area (Å²) in [6.07, 6.45) is 0. The lowest BCUT2D eigenvalue weighted by Gasteiger charge is -2.00. The van der Waals surface area contributed by atoms with E-state index in [1.54, 1.807) is 0 Å². The van der Waals surface area contributed by atoms with Crippen LogP contribution in [0.25, 0.3) is 0 Å². The molecule has 0 bridgehead atoms. The number of benzene rings is 1. The van der Waals surface area contributed by atoms with Crippen molar-refractivity contribution in [2.45, 2.75) is 26.7 Å². The summed E-state index contributed by atoms with van der Waals surface area (Å²) in [6.45, 7) is 6.64. The first kappa shape index (κ1) is 11.7. The number of fused-ring (bicyclic) bond motifs is 1. The van der Waals surface area contributed by atoms with E-state index < -0.39 is 0 Å². The molecule has 76 valence electrons. The van der Waals surface area contributed by atoms with Gasteiger partial charge in [0.25, 0.3) is 0 Å². The summed E-state index contributed by atoms with van der Waals surface area (Å²) < 4.78 is 2.29. The third-order valence-corrected chi connectivity index (χ3v) is 3.17. The second-order valence-electron chi connectivity index (χ2n) is 3.98. The Balaban J connectivity index is 0.000000980. The maximum absolute atomic E-state index is 2.30. The molecular weight excluding hydrogens is 285 g/mol. The van der Waals surface area contributed by atoms with Crippen LogP contribution in [-0.4, -0.2) is 17.3 Å². The Morgan fingerprint density at radius 3 is 2.50 bits per heavy atom. The SMILES string of the molecule is CC1=[N+](C)c2ccc(C)cc2C1C.[I-]. The molecule has 1 aromatic carbocycles. The Morgan fingerprint density at radius 1 is 1.21 bits per heavy atom. The molecule has 0 saturated carbocycles. The van der Waals surface area contributed by atoms with Crippen molar-refractivity contribution < 1.29 is 28.6 Å². The maximum Gasteiger partial charge on any atom is 0.208 e. The Morgan fingerprint density at radius 2 is 1.86 bits per heavy atom. The van der Waals surface area contributed by atoms with Crippen molar-refractivity contribution in [1.29, 1.82) is 0 Å². The summed E-state index contributed by atoms with van der Waals surface area (Å²) in [7, 11) is 2.15. The summed E-state index contributed by atoms with van der Waals surface area (Å²) in [5, 5.41) is 0. The lowest BCUT2D eigenvalue weighted by Crippen LogP contribution is -3.00. The molecule has 1 heterocycles. The zero-order chi connectivity index (χ0) is 9.59. The lowest BCUT2D eigenvalue weighted by atomic mass is 9.97. The van der Waals surface area contributed by atoms with E-state index in [9.17, 15) is 0 Å². The van der Waals surface area contributed by atoms with Crippen LogP contribution in [0.15, 0.2) is 18.2 Å². The van der Waals surface area contributed by atoms with Gasteiger partial charge in [-0.05, 0) is 19.9 Å². The fourth-order valence-corrected chi connectivity index (χ4v) is 2.03. The Labute approximate surface area is 103 Å². The van der Waals surface area contributed by atoms with Crippen LogP contribution in [0.5, 0.6) is 0 Å². The first-order chi connectivity index (χ1) is 6.11. The highest BCUT2D eigenvalue weighted by atomic mass is 127. The third-order valence-electron chi connectivity index (χ3n) is 3.17. The topological polar surface area (TPSA) is 3.01 Å². The number of nitrogens with zero attached hydrogens (tertiary/aromatic N) is 1. The summed E-state index contributed by atoms with van der Waals surface area (Å²) in [5.41, 5.74) is 5.64. The van der Waals surface area contributed by atoms with Crippen LogP contribution >= 0.6 is 0 Å². The Hall–Kier alpha value is -0.380. The van der Waals surface area contributed by atoms with E-state index in [1.807, 2.05) is 0 Å². The van der Waals surface area contributed by atoms with Crippen molar-refractivity contribution in [3.8, 4) is 0 Å². The van der Waals surface area contributed by atoms with Gasteiger partial charge >= 0.3 is 0 Å². The Bertz CT molecular complexity index is 393. The normalized spacial score (nSPS) is 19.3. The average molecular weight is 301 g/mol. The van der Waals surface area contributed by atoms with Crippen LogP contribution in [-0.2, 0) is 0 Å². The van der Waals surface area contributed by atoms with Crippen LogP contribution in [0.2, 0.25) is 0 Å². The van der Waals surface area contributed by atoms with Crippen LogP contribution in [0.3, 0.4) is 0 Å². The van der Waals surface area contributed by atoms with Crippen LogP contribution in [0.4, 0.5) is 5.69 Å². The smallest absolute Gasteiger partial charge is 0.208 e. The van der Waals surface area contributed by atoms with Gasteiger partial charge in [0.2, 0.25) is 5.69 Å². The molecule has 0 saturated heterocycles. The van der Waals surface area contributed by atoms with Gasteiger partial charge in [0.15, 0.2) is 5.71 Å². The highest BCUT2D eigenvalue weighted by Gasteiger charge is 2.30. The fourth-order valence-electron chi connectivity index (χ4n) is 2.03. The summed E-state index contributed by atoms with van der Waals surface area (Å²) in [4.78, 5) is 0. The van der Waals surface area contributed by atoms with Crippen LogP contribution < -0.4 is 24.0 Å². The summed E-state index contributed by atoms with van der Waals surface area (Å²) in [6, 6.07) is 6.70. The molecular formula is C12H16IN. The van der Waals surface area contributed by atoms with Crippen molar-refractivity contribution in [1.82, 2.24) is 0 Å². The predicted molar refractivity (Wildman–Crippen MR) is 56.1 cm³/mol. The highest BCUT2D eigenvalue weighted by molar-refractivity contribution is 5.89. The van der Waals surface area contributed by atoms with Gasteiger partial charge in [-0.2, -0.15) is 0 Å². The van der Waals surface area contributed by atoms with Gasteiger partial charge in [-0.15, -0.1) is 0 Å². The molecule has 1 aromatic rings. The van der Waals surface area contributed by atoms with E-state index in [0.29, 0.717) is 5.92 Å². The van der Waals surface area contributed by atoms with Crippen LogP contribution in [0.1, 0.15) is 30.9 Å². The first-order valence-electron chi connectivity index (χ1n) is 4.79. The molecule has 1 atom stereocenters. The van der Waals surface area contributed by atoms with Crippen molar-refractivity contribution in [3.63, 3.8) is 0 Å². The summed E-state index contributed by atoms with van der Waals surface area (Å²) in [5.74, 6) is 0.583. The van der Waals surface area contributed by atoms with E-state index in [4.69, 9.17) is 0 Å². The van der Waals surface area contributed by atoms with Crippen molar-refractivity contribution >= 4 is 11.4 Å². The zero-order valence-electron chi connectivity index (χ0n) is 9.13. The molecule has 0 N–H and O–H groups in total. The van der Waals surface area contributed by atoms with Gasteiger partial charge in [-0.25, -0.2) is 4.58 Å². The van der Waals surface area contributed by atoms with E-state index in [1.165, 1.54) is 22.5 Å². The van der Waals surface area contributed by atoms with Gasteiger partial charge in [-0.3, -0.25) is 0 Å². The third kappa shape index (κ3) is 1.60. The van der Waals surface area contributed by atoms with E-state index in [0.717, 1.165) is 0 Å². The molecule has 1 nitrogen and oxygen atoms in total. The second kappa shape index (κ2) is 4.01. The molecule has 0 aliphatic carbocycles. The van der Waals surface area contributed by atoms with Gasteiger partial charge < -0.3 is 24.0 Å². The molecule has 0 amide bonds. The van der Waals surface area contributed by atoms with Crippen molar-refractivity contribution in [3.05, 3.63) is 29.3 Å². The number of hydrogen-bond acceptors (Lipinski definition) is 0. The molecule has 0 fully saturated rings. The number of halogens is 1. The standard InChI is InChI=1S/C12H16N.HI/c1-8-5-6-12-11(7-8)9(2)10(3)13(12)4;/h5-7,9H,1-4H3;1H/q+1;/p-1. The van der Waals surface area contributed by atoms with E-state index in [2.05, 4.69) is 50.6 Å². The largest absolute Gasteiger partial charge is 1.00 e. The second-order valence-corrected chi connectivity index (χ2v) is 3.98. The van der Waals surface area contributed by atoms with Crippen LogP contribution in [0, 0.1) is 6.92 Å². The average Bonchev–Trinajstić information content (AvgIpc) is 2.32. The van der Waals surface area contributed by atoms with Gasteiger partial charge in [-0.1, -0.05) is 11.6 Å². The predicted octanol–water partition coefficient (Wildman–Crippen LogP) is -0.149. The molecule has 1 aliphatic heterocycles. The molecule has 2 rings (SSSR count). The Kier molecular flexibility index (Phi) is 3.35. The molecule has 2 heteroatoms. The van der Waals surface area contributed by atoms with E-state index >= 15 is 0 Å². The quantitative estimate of drug-likeness (QED) is 0.463. The van der Waals surface area contributed by atoms with Gasteiger partial charge in [0, 0.05) is 18.6 Å². The number of aryl methyl sites for hydroxylation is 1. The monoisotopic (exact) mass is 301 g/mol. The first-order valence-corrected chi connectivity index (χ1v) is 4.79. The number of rotatable bonds is 0. The lowest BCUT2D eigenvalue weighted by molar-refractivity contribution is -0.402. The molecule has 1 unspecified atom stereocenters. The maximum atomic E-state index is 2.30. The minimum Gasteiger partial charge on any atom is -1.00 e. The number of hydrogen-bond donors (Lipinski definition) is 0. The van der Waals surface area contributed by atoms with Gasteiger partial charge in [0.1, 0.15) is 7.05 Å². The summed E-state index contributed by atoms with van der Waals surface area (Å²) >= 11 is 0. The molecule has 14 heavy (non-hydrogen) atoms.